The summed E-state index contributed by atoms with van der Waals surface area (Å²) in [5, 5.41) is 11.9. The van der Waals surface area contributed by atoms with Gasteiger partial charge in [-0.05, 0) is 43.2 Å². The van der Waals surface area contributed by atoms with E-state index in [1.54, 1.807) is 18.2 Å². The lowest BCUT2D eigenvalue weighted by Crippen LogP contribution is -2.33. The molecule has 1 atom stereocenters. The molecule has 0 saturated carbocycles. The van der Waals surface area contributed by atoms with Gasteiger partial charge in [-0.1, -0.05) is 42.1 Å². The minimum atomic E-state index is -1.05. The fourth-order valence-electron chi connectivity index (χ4n) is 3.21. The molecule has 1 heterocycles. The number of para-hydroxylation sites is 1. The van der Waals surface area contributed by atoms with E-state index in [4.69, 9.17) is 0 Å². The SMILES string of the molecule is C=CCN1C(=O)C(CC(=O)Nc2c(C)cccc2C)SC1=Nc1cccc(C(=O)O)c1. The Hall–Kier alpha value is -3.39. The Kier molecular flexibility index (Phi) is 6.91. The maximum Gasteiger partial charge on any atom is 0.335 e. The Morgan fingerprint density at radius 2 is 1.90 bits per heavy atom. The van der Waals surface area contributed by atoms with Crippen LogP contribution in [-0.4, -0.2) is 44.8 Å². The molecule has 2 N–H and O–H groups in total. The van der Waals surface area contributed by atoms with E-state index in [0.717, 1.165) is 16.8 Å². The van der Waals surface area contributed by atoms with E-state index >= 15 is 0 Å². The minimum Gasteiger partial charge on any atom is -0.478 e. The third-order valence-corrected chi connectivity index (χ3v) is 5.94. The summed E-state index contributed by atoms with van der Waals surface area (Å²) in [6, 6.07) is 11.9. The van der Waals surface area contributed by atoms with E-state index in [1.807, 2.05) is 32.0 Å². The number of nitrogens with one attached hydrogen (secondary N) is 1. The first-order valence-electron chi connectivity index (χ1n) is 9.67. The van der Waals surface area contributed by atoms with Crippen LogP contribution in [0.5, 0.6) is 0 Å². The quantitative estimate of drug-likeness (QED) is 0.634. The summed E-state index contributed by atoms with van der Waals surface area (Å²) in [5.74, 6) is -1.54. The highest BCUT2D eigenvalue weighted by Gasteiger charge is 2.38. The van der Waals surface area contributed by atoms with Crippen molar-refractivity contribution in [1.82, 2.24) is 4.90 Å². The van der Waals surface area contributed by atoms with Crippen LogP contribution >= 0.6 is 11.8 Å². The molecule has 2 aromatic carbocycles. The second-order valence-corrected chi connectivity index (χ2v) is 8.28. The normalized spacial score (nSPS) is 17.1. The number of amidine groups is 1. The summed E-state index contributed by atoms with van der Waals surface area (Å²) < 4.78 is 0. The van der Waals surface area contributed by atoms with Gasteiger partial charge in [-0.15, -0.1) is 6.58 Å². The van der Waals surface area contributed by atoms with Crippen LogP contribution in [0.3, 0.4) is 0 Å². The Morgan fingerprint density at radius 3 is 2.55 bits per heavy atom. The van der Waals surface area contributed by atoms with Crippen LogP contribution < -0.4 is 5.32 Å². The summed E-state index contributed by atoms with van der Waals surface area (Å²) in [7, 11) is 0. The number of hydrogen-bond acceptors (Lipinski definition) is 5. The molecule has 7 nitrogen and oxygen atoms in total. The van der Waals surface area contributed by atoms with E-state index in [-0.39, 0.29) is 30.3 Å². The van der Waals surface area contributed by atoms with Gasteiger partial charge in [0.2, 0.25) is 11.8 Å². The zero-order valence-corrected chi connectivity index (χ0v) is 18.1. The Morgan fingerprint density at radius 1 is 1.23 bits per heavy atom. The van der Waals surface area contributed by atoms with Crippen molar-refractivity contribution in [2.24, 2.45) is 4.99 Å². The number of carboxylic acids is 1. The number of rotatable bonds is 7. The summed E-state index contributed by atoms with van der Waals surface area (Å²) >= 11 is 1.19. The van der Waals surface area contributed by atoms with Crippen LogP contribution in [0.1, 0.15) is 27.9 Å². The predicted octanol–water partition coefficient (Wildman–Crippen LogP) is 4.15. The molecule has 1 unspecified atom stereocenters. The Bertz CT molecular complexity index is 1060. The van der Waals surface area contributed by atoms with Crippen LogP contribution in [0, 0.1) is 13.8 Å². The third kappa shape index (κ3) is 5.21. The second kappa shape index (κ2) is 9.61. The summed E-state index contributed by atoms with van der Waals surface area (Å²) in [6.45, 7) is 7.76. The van der Waals surface area contributed by atoms with Gasteiger partial charge in [-0.25, -0.2) is 9.79 Å². The number of benzene rings is 2. The first-order chi connectivity index (χ1) is 14.8. The Labute approximate surface area is 184 Å². The smallest absolute Gasteiger partial charge is 0.335 e. The van der Waals surface area contributed by atoms with Gasteiger partial charge in [-0.2, -0.15) is 0 Å². The summed E-state index contributed by atoms with van der Waals surface area (Å²) in [5.41, 5.74) is 3.19. The van der Waals surface area contributed by atoms with Crippen molar-refractivity contribution in [1.29, 1.82) is 0 Å². The van der Waals surface area contributed by atoms with Crippen LogP contribution in [0.25, 0.3) is 0 Å². The van der Waals surface area contributed by atoms with Gasteiger partial charge >= 0.3 is 5.97 Å². The molecule has 3 rings (SSSR count). The standard InChI is InChI=1S/C23H23N3O4S/c1-4-11-26-21(28)18(13-19(27)25-20-14(2)7-5-8-15(20)3)31-23(26)24-17-10-6-9-16(12-17)22(29)30/h4-10,12,18H,1,11,13H2,2-3H3,(H,25,27)(H,29,30). The van der Waals surface area contributed by atoms with Gasteiger partial charge in [0, 0.05) is 18.7 Å². The number of anilines is 1. The Balaban J connectivity index is 1.79. The molecule has 0 bridgehead atoms. The molecule has 8 heteroatoms. The maximum absolute atomic E-state index is 12.9. The van der Waals surface area contributed by atoms with Gasteiger partial charge in [0.15, 0.2) is 5.17 Å². The third-order valence-electron chi connectivity index (χ3n) is 4.77. The predicted molar refractivity (Wildman–Crippen MR) is 123 cm³/mol. The monoisotopic (exact) mass is 437 g/mol. The maximum atomic E-state index is 12.9. The van der Waals surface area contributed by atoms with Crippen LogP contribution in [0.15, 0.2) is 60.1 Å². The first kappa shape index (κ1) is 22.3. The largest absolute Gasteiger partial charge is 0.478 e. The van der Waals surface area contributed by atoms with Gasteiger partial charge < -0.3 is 10.4 Å². The molecule has 1 aliphatic rings. The average Bonchev–Trinajstić information content (AvgIpc) is 3.00. The molecule has 0 aliphatic carbocycles. The molecule has 160 valence electrons. The van der Waals surface area contributed by atoms with E-state index in [2.05, 4.69) is 16.9 Å². The zero-order valence-electron chi connectivity index (χ0n) is 17.3. The molecular formula is C23H23N3O4S. The van der Waals surface area contributed by atoms with E-state index in [1.165, 1.54) is 28.8 Å². The van der Waals surface area contributed by atoms with E-state index in [9.17, 15) is 19.5 Å². The molecule has 31 heavy (non-hydrogen) atoms. The highest BCUT2D eigenvalue weighted by molar-refractivity contribution is 8.15. The number of hydrogen-bond donors (Lipinski definition) is 2. The van der Waals surface area contributed by atoms with Crippen molar-refractivity contribution in [3.8, 4) is 0 Å². The van der Waals surface area contributed by atoms with Gasteiger partial charge in [0.05, 0.1) is 11.3 Å². The second-order valence-electron chi connectivity index (χ2n) is 7.11. The lowest BCUT2D eigenvalue weighted by molar-refractivity contribution is -0.127. The van der Waals surface area contributed by atoms with Crippen molar-refractivity contribution in [3.63, 3.8) is 0 Å². The van der Waals surface area contributed by atoms with Crippen LogP contribution in [-0.2, 0) is 9.59 Å². The average molecular weight is 438 g/mol. The van der Waals surface area contributed by atoms with Crippen molar-refractivity contribution in [2.45, 2.75) is 25.5 Å². The van der Waals surface area contributed by atoms with Crippen molar-refractivity contribution in [3.05, 3.63) is 71.8 Å². The van der Waals surface area contributed by atoms with Crippen LogP contribution in [0.2, 0.25) is 0 Å². The van der Waals surface area contributed by atoms with Crippen LogP contribution in [0.4, 0.5) is 11.4 Å². The van der Waals surface area contributed by atoms with Crippen molar-refractivity contribution < 1.29 is 19.5 Å². The number of carbonyl (C=O) groups excluding carboxylic acids is 2. The van der Waals surface area contributed by atoms with Gasteiger partial charge in [-0.3, -0.25) is 14.5 Å². The highest BCUT2D eigenvalue weighted by Crippen LogP contribution is 2.32. The number of thioether (sulfide) groups is 1. The topological polar surface area (TPSA) is 99.1 Å². The lowest BCUT2D eigenvalue weighted by Gasteiger charge is -2.14. The number of carboxylic acid groups (broad SMARTS) is 1. The summed E-state index contributed by atoms with van der Waals surface area (Å²) in [6.07, 6.45) is 1.58. The highest BCUT2D eigenvalue weighted by atomic mass is 32.2. The fourth-order valence-corrected chi connectivity index (χ4v) is 4.38. The number of carbonyl (C=O) groups is 3. The molecule has 0 aromatic heterocycles. The number of nitrogens with zero attached hydrogens (tertiary/aromatic N) is 2. The first-order valence-corrected chi connectivity index (χ1v) is 10.5. The lowest BCUT2D eigenvalue weighted by atomic mass is 10.1. The molecule has 0 radical (unpaired) electrons. The van der Waals surface area contributed by atoms with Crippen molar-refractivity contribution in [2.75, 3.05) is 11.9 Å². The van der Waals surface area contributed by atoms with Gasteiger partial charge in [0.1, 0.15) is 5.25 Å². The van der Waals surface area contributed by atoms with Gasteiger partial charge in [0.25, 0.3) is 0 Å². The van der Waals surface area contributed by atoms with Crippen molar-refractivity contribution >= 4 is 46.1 Å². The summed E-state index contributed by atoms with van der Waals surface area (Å²) in [4.78, 5) is 42.7. The molecule has 0 spiro atoms. The molecule has 1 aliphatic heterocycles. The number of aryl methyl sites for hydroxylation is 2. The number of amides is 2. The number of aromatic carboxylic acids is 1. The fraction of sp³-hybridized carbons (Fsp3) is 0.217. The molecule has 1 fully saturated rings. The molecule has 1 saturated heterocycles. The van der Waals surface area contributed by atoms with E-state index < -0.39 is 11.2 Å². The number of aliphatic imine (C=N–C) groups is 1. The minimum absolute atomic E-state index is 0.000890. The molecular weight excluding hydrogens is 414 g/mol. The molecule has 2 amide bonds. The van der Waals surface area contributed by atoms with E-state index in [0.29, 0.717) is 10.9 Å². The molecule has 2 aromatic rings. The zero-order chi connectivity index (χ0) is 22.5.